The molecule has 0 aliphatic carbocycles. The lowest BCUT2D eigenvalue weighted by molar-refractivity contribution is 0.0986. The van der Waals surface area contributed by atoms with Crippen LogP contribution >= 0.6 is 0 Å². The highest BCUT2D eigenvalue weighted by molar-refractivity contribution is 5.98. The van der Waals surface area contributed by atoms with Crippen LogP contribution in [-0.4, -0.2) is 18.4 Å². The van der Waals surface area contributed by atoms with Crippen LogP contribution in [0.3, 0.4) is 0 Å². The molecule has 0 aromatic heterocycles. The van der Waals surface area contributed by atoms with Crippen LogP contribution in [0.15, 0.2) is 43.2 Å². The smallest absolute Gasteiger partial charge is 0.412 e. The molecule has 1 aromatic rings. The van der Waals surface area contributed by atoms with Crippen molar-refractivity contribution in [3.05, 3.63) is 48.7 Å². The number of ether oxygens (including phenoxy) is 1. The molecule has 0 radical (unpaired) electrons. The number of Topliss-reactive ketones (excluding diaryl/α,β-unsaturated/α-hetero) is 1. The van der Waals surface area contributed by atoms with Gasteiger partial charge in [-0.25, -0.2) is 4.79 Å². The molecule has 0 unspecified atom stereocenters. The Balaban J connectivity index is 2.44. The summed E-state index contributed by atoms with van der Waals surface area (Å²) < 4.78 is 4.39. The van der Waals surface area contributed by atoms with Crippen LogP contribution in [0.1, 0.15) is 10.4 Å². The maximum absolute atomic E-state index is 11.5. The molecule has 4 heteroatoms. The number of hydrogen-bond acceptors (Lipinski definition) is 3. The molecule has 0 aliphatic heterocycles. The van der Waals surface area contributed by atoms with Gasteiger partial charge in [-0.3, -0.25) is 4.79 Å². The second-order valence-electron chi connectivity index (χ2n) is 2.71. The highest BCUT2D eigenvalue weighted by Crippen LogP contribution is 1.98. The number of carbonyl (C=O) groups is 2. The third-order valence-electron chi connectivity index (χ3n) is 1.68. The fourth-order valence-corrected chi connectivity index (χ4v) is 0.996. The van der Waals surface area contributed by atoms with E-state index in [1.165, 1.54) is 0 Å². The molecule has 0 saturated carbocycles. The van der Waals surface area contributed by atoms with Gasteiger partial charge in [0.1, 0.15) is 0 Å². The molecule has 0 heterocycles. The van der Waals surface area contributed by atoms with Crippen molar-refractivity contribution in [1.82, 2.24) is 5.32 Å². The lowest BCUT2D eigenvalue weighted by atomic mass is 10.1. The maximum atomic E-state index is 11.5. The van der Waals surface area contributed by atoms with Crippen molar-refractivity contribution in [1.29, 1.82) is 0 Å². The van der Waals surface area contributed by atoms with Gasteiger partial charge in [0.2, 0.25) is 0 Å². The molecule has 1 aromatic carbocycles. The van der Waals surface area contributed by atoms with E-state index in [1.54, 1.807) is 24.3 Å². The summed E-state index contributed by atoms with van der Waals surface area (Å²) in [4.78, 5) is 22.3. The van der Waals surface area contributed by atoms with Gasteiger partial charge in [-0.2, -0.15) is 0 Å². The van der Waals surface area contributed by atoms with Gasteiger partial charge in [-0.05, 0) is 0 Å². The topological polar surface area (TPSA) is 55.4 Å². The number of alkyl carbamates (subject to hydrolysis) is 1. The van der Waals surface area contributed by atoms with E-state index in [0.717, 1.165) is 6.26 Å². The first-order chi connectivity index (χ1) is 7.24. The summed E-state index contributed by atoms with van der Waals surface area (Å²) in [6.07, 6.45) is 0.316. The Morgan fingerprint density at radius 1 is 1.33 bits per heavy atom. The van der Waals surface area contributed by atoms with Crippen molar-refractivity contribution in [3.8, 4) is 0 Å². The zero-order chi connectivity index (χ0) is 11.1. The summed E-state index contributed by atoms with van der Waals surface area (Å²) in [5, 5.41) is 2.30. The fraction of sp³-hybridized carbons (Fsp3) is 0.0909. The number of nitrogens with one attached hydrogen (secondary N) is 1. The summed E-state index contributed by atoms with van der Waals surface area (Å²) in [7, 11) is 0. The maximum Gasteiger partial charge on any atom is 0.412 e. The van der Waals surface area contributed by atoms with Crippen LogP contribution in [0.25, 0.3) is 0 Å². The Kier molecular flexibility index (Phi) is 4.09. The Morgan fingerprint density at radius 3 is 2.60 bits per heavy atom. The first kappa shape index (κ1) is 11.0. The molecule has 1 N–H and O–H groups in total. The third kappa shape index (κ3) is 3.64. The quantitative estimate of drug-likeness (QED) is 0.601. The molecule has 0 aliphatic rings. The van der Waals surface area contributed by atoms with Gasteiger partial charge >= 0.3 is 6.09 Å². The van der Waals surface area contributed by atoms with Crippen LogP contribution < -0.4 is 5.32 Å². The second-order valence-corrected chi connectivity index (χ2v) is 2.71. The van der Waals surface area contributed by atoms with Crippen molar-refractivity contribution in [2.24, 2.45) is 0 Å². The van der Waals surface area contributed by atoms with Crippen LogP contribution in [0.4, 0.5) is 4.79 Å². The minimum absolute atomic E-state index is 0.0866. The van der Waals surface area contributed by atoms with E-state index in [0.29, 0.717) is 5.56 Å². The van der Waals surface area contributed by atoms with Crippen LogP contribution in [0.5, 0.6) is 0 Å². The van der Waals surface area contributed by atoms with E-state index >= 15 is 0 Å². The van der Waals surface area contributed by atoms with E-state index < -0.39 is 6.09 Å². The number of benzene rings is 1. The largest absolute Gasteiger partial charge is 0.419 e. The Labute approximate surface area is 87.6 Å². The second kappa shape index (κ2) is 5.59. The number of amides is 1. The van der Waals surface area contributed by atoms with Gasteiger partial charge in [0.25, 0.3) is 0 Å². The monoisotopic (exact) mass is 205 g/mol. The molecular weight excluding hydrogens is 194 g/mol. The molecule has 0 spiro atoms. The van der Waals surface area contributed by atoms with Crippen molar-refractivity contribution in [2.45, 2.75) is 0 Å². The molecule has 0 fully saturated rings. The molecule has 0 saturated heterocycles. The van der Waals surface area contributed by atoms with Crippen LogP contribution in [-0.2, 0) is 4.74 Å². The molecule has 0 atom stereocenters. The Bertz CT molecular complexity index is 359. The van der Waals surface area contributed by atoms with Gasteiger partial charge in [0.05, 0.1) is 12.8 Å². The van der Waals surface area contributed by atoms with E-state index in [1.807, 2.05) is 6.07 Å². The summed E-state index contributed by atoms with van der Waals surface area (Å²) >= 11 is 0. The minimum Gasteiger partial charge on any atom is -0.419 e. The summed E-state index contributed by atoms with van der Waals surface area (Å²) in [5.41, 5.74) is 0.552. The normalized spacial score (nSPS) is 9.07. The van der Waals surface area contributed by atoms with Crippen LogP contribution in [0.2, 0.25) is 0 Å². The SMILES string of the molecule is C=COC(=O)NCC(=O)c1ccccc1. The average molecular weight is 205 g/mol. The molecule has 78 valence electrons. The summed E-state index contributed by atoms with van der Waals surface area (Å²) in [5.74, 6) is -0.170. The number of carbonyl (C=O) groups excluding carboxylic acids is 2. The Hall–Kier alpha value is -2.10. The fourth-order valence-electron chi connectivity index (χ4n) is 0.996. The Morgan fingerprint density at radius 2 is 2.00 bits per heavy atom. The summed E-state index contributed by atoms with van der Waals surface area (Å²) in [6, 6.07) is 8.70. The number of ketones is 1. The van der Waals surface area contributed by atoms with Crippen molar-refractivity contribution < 1.29 is 14.3 Å². The highest BCUT2D eigenvalue weighted by Gasteiger charge is 2.06. The summed E-state index contributed by atoms with van der Waals surface area (Å²) in [6.45, 7) is 3.13. The van der Waals surface area contributed by atoms with E-state index in [2.05, 4.69) is 16.6 Å². The molecular formula is C11H11NO3. The van der Waals surface area contributed by atoms with Gasteiger partial charge in [0, 0.05) is 5.56 Å². The molecule has 1 amide bonds. The highest BCUT2D eigenvalue weighted by atomic mass is 16.5. The molecule has 15 heavy (non-hydrogen) atoms. The molecule has 1 rings (SSSR count). The average Bonchev–Trinajstić information content (AvgIpc) is 2.27. The molecule has 4 nitrogen and oxygen atoms in total. The van der Waals surface area contributed by atoms with Crippen LogP contribution in [0, 0.1) is 0 Å². The third-order valence-corrected chi connectivity index (χ3v) is 1.68. The minimum atomic E-state index is -0.686. The first-order valence-electron chi connectivity index (χ1n) is 4.37. The van der Waals surface area contributed by atoms with Crippen molar-refractivity contribution in [3.63, 3.8) is 0 Å². The lowest BCUT2D eigenvalue weighted by Crippen LogP contribution is -2.28. The van der Waals surface area contributed by atoms with E-state index in [9.17, 15) is 9.59 Å². The van der Waals surface area contributed by atoms with E-state index in [4.69, 9.17) is 0 Å². The van der Waals surface area contributed by atoms with Gasteiger partial charge < -0.3 is 10.1 Å². The first-order valence-corrected chi connectivity index (χ1v) is 4.37. The van der Waals surface area contributed by atoms with Crippen molar-refractivity contribution in [2.75, 3.05) is 6.54 Å². The standard InChI is InChI=1S/C11H11NO3/c1-2-15-11(14)12-8-10(13)9-6-4-3-5-7-9/h2-7H,1,8H2,(H,12,14). The van der Waals surface area contributed by atoms with Gasteiger partial charge in [-0.1, -0.05) is 36.9 Å². The van der Waals surface area contributed by atoms with Gasteiger partial charge in [-0.15, -0.1) is 0 Å². The van der Waals surface area contributed by atoms with Gasteiger partial charge in [0.15, 0.2) is 5.78 Å². The predicted molar refractivity (Wildman–Crippen MR) is 55.5 cm³/mol. The molecule has 0 bridgehead atoms. The van der Waals surface area contributed by atoms with E-state index in [-0.39, 0.29) is 12.3 Å². The number of rotatable bonds is 4. The zero-order valence-electron chi connectivity index (χ0n) is 8.10. The predicted octanol–water partition coefficient (Wildman–Crippen LogP) is 1.74. The lowest BCUT2D eigenvalue weighted by Gasteiger charge is -2.02. The van der Waals surface area contributed by atoms with Crippen molar-refractivity contribution >= 4 is 11.9 Å². The number of hydrogen-bond donors (Lipinski definition) is 1. The zero-order valence-corrected chi connectivity index (χ0v) is 8.10.